The Hall–Kier alpha value is -0.480. The van der Waals surface area contributed by atoms with Gasteiger partial charge in [0.2, 0.25) is 5.91 Å². The third-order valence-electron chi connectivity index (χ3n) is 2.10. The highest BCUT2D eigenvalue weighted by Gasteiger charge is 2.19. The van der Waals surface area contributed by atoms with Crippen LogP contribution in [0.1, 0.15) is 11.6 Å². The Labute approximate surface area is 95.6 Å². The molecule has 74 valence electrons. The molecule has 1 aromatic rings. The predicted octanol–water partition coefficient (Wildman–Crippen LogP) is 2.35. The van der Waals surface area contributed by atoms with Crippen LogP contribution in [0.4, 0.5) is 0 Å². The van der Waals surface area contributed by atoms with Crippen molar-refractivity contribution in [1.29, 1.82) is 0 Å². The maximum absolute atomic E-state index is 11.2. The van der Waals surface area contributed by atoms with Crippen LogP contribution in [0.5, 0.6) is 0 Å². The van der Waals surface area contributed by atoms with E-state index < -0.39 is 0 Å². The molecule has 0 spiro atoms. The van der Waals surface area contributed by atoms with Crippen LogP contribution in [0.15, 0.2) is 28.7 Å². The van der Waals surface area contributed by atoms with Crippen LogP contribution in [0, 0.1) is 0 Å². The Morgan fingerprint density at radius 1 is 1.50 bits per heavy atom. The topological polar surface area (TPSA) is 29.1 Å². The maximum Gasteiger partial charge on any atom is 0.230 e. The average Bonchev–Trinajstić information content (AvgIpc) is 2.18. The molecule has 1 aromatic carbocycles. The van der Waals surface area contributed by atoms with Gasteiger partial charge < -0.3 is 5.32 Å². The second kappa shape index (κ2) is 4.36. The lowest BCUT2D eigenvalue weighted by Gasteiger charge is -2.23. The summed E-state index contributed by atoms with van der Waals surface area (Å²) in [5.74, 6) is 1.68. The van der Waals surface area contributed by atoms with E-state index in [1.165, 1.54) is 5.56 Å². The van der Waals surface area contributed by atoms with Crippen molar-refractivity contribution in [2.45, 2.75) is 6.04 Å². The van der Waals surface area contributed by atoms with Crippen LogP contribution >= 0.6 is 27.7 Å². The van der Waals surface area contributed by atoms with Crippen molar-refractivity contribution in [1.82, 2.24) is 5.32 Å². The largest absolute Gasteiger partial charge is 0.348 e. The summed E-state index contributed by atoms with van der Waals surface area (Å²) in [6.45, 7) is 0. The van der Waals surface area contributed by atoms with Gasteiger partial charge in [0.15, 0.2) is 0 Å². The summed E-state index contributed by atoms with van der Waals surface area (Å²) in [5.41, 5.74) is 1.17. The van der Waals surface area contributed by atoms with Crippen LogP contribution in [0.2, 0.25) is 0 Å². The number of amides is 1. The average molecular weight is 272 g/mol. The number of carbonyl (C=O) groups excluding carboxylic acids is 1. The maximum atomic E-state index is 11.2. The Bertz CT molecular complexity index is 356. The number of halogens is 1. The number of benzene rings is 1. The van der Waals surface area contributed by atoms with Crippen molar-refractivity contribution >= 4 is 33.6 Å². The Morgan fingerprint density at radius 2 is 2.36 bits per heavy atom. The molecule has 1 atom stereocenters. The lowest BCUT2D eigenvalue weighted by molar-refractivity contribution is -0.119. The van der Waals surface area contributed by atoms with E-state index in [4.69, 9.17) is 0 Å². The van der Waals surface area contributed by atoms with Gasteiger partial charge >= 0.3 is 0 Å². The van der Waals surface area contributed by atoms with E-state index >= 15 is 0 Å². The number of hydrogen-bond acceptors (Lipinski definition) is 2. The molecule has 1 fully saturated rings. The molecule has 2 rings (SSSR count). The zero-order valence-electron chi connectivity index (χ0n) is 7.50. The Kier molecular flexibility index (Phi) is 3.13. The summed E-state index contributed by atoms with van der Waals surface area (Å²) < 4.78 is 1.06. The minimum atomic E-state index is 0.131. The molecular weight excluding hydrogens is 262 g/mol. The first-order valence-corrected chi connectivity index (χ1v) is 6.33. The smallest absolute Gasteiger partial charge is 0.230 e. The minimum absolute atomic E-state index is 0.131. The molecular formula is C10H10BrNOS. The van der Waals surface area contributed by atoms with Crippen LogP contribution in [-0.2, 0) is 4.79 Å². The highest BCUT2D eigenvalue weighted by atomic mass is 79.9. The minimum Gasteiger partial charge on any atom is -0.348 e. The first kappa shape index (κ1) is 10.1. The van der Waals surface area contributed by atoms with Gasteiger partial charge in [0.05, 0.1) is 11.8 Å². The zero-order chi connectivity index (χ0) is 9.97. The molecule has 1 unspecified atom stereocenters. The first-order chi connectivity index (χ1) is 6.75. The summed E-state index contributed by atoms with van der Waals surface area (Å²) in [4.78, 5) is 11.2. The summed E-state index contributed by atoms with van der Waals surface area (Å²) in [6.07, 6.45) is 0. The first-order valence-electron chi connectivity index (χ1n) is 4.38. The third-order valence-corrected chi connectivity index (χ3v) is 3.63. The quantitative estimate of drug-likeness (QED) is 0.850. The highest BCUT2D eigenvalue weighted by molar-refractivity contribution is 9.10. The molecule has 2 nitrogen and oxygen atoms in total. The van der Waals surface area contributed by atoms with Gasteiger partial charge in [-0.15, -0.1) is 11.8 Å². The zero-order valence-corrected chi connectivity index (χ0v) is 9.90. The number of hydrogen-bond donors (Lipinski definition) is 1. The van der Waals surface area contributed by atoms with E-state index in [-0.39, 0.29) is 11.9 Å². The molecule has 0 radical (unpaired) electrons. The number of rotatable bonds is 1. The van der Waals surface area contributed by atoms with Crippen LogP contribution in [0.25, 0.3) is 0 Å². The van der Waals surface area contributed by atoms with Gasteiger partial charge in [0.25, 0.3) is 0 Å². The van der Waals surface area contributed by atoms with Crippen molar-refractivity contribution in [2.75, 3.05) is 11.5 Å². The lowest BCUT2D eigenvalue weighted by atomic mass is 10.1. The summed E-state index contributed by atoms with van der Waals surface area (Å²) in [5, 5.41) is 2.98. The summed E-state index contributed by atoms with van der Waals surface area (Å²) in [6, 6.07) is 8.24. The number of nitrogens with one attached hydrogen (secondary N) is 1. The number of carbonyl (C=O) groups is 1. The van der Waals surface area contributed by atoms with E-state index in [9.17, 15) is 4.79 Å². The standard InChI is InChI=1S/C10H10BrNOS/c11-8-3-1-2-7(4-8)9-5-14-6-10(13)12-9/h1-4,9H,5-6H2,(H,12,13). The molecule has 1 N–H and O–H groups in total. The van der Waals surface area contributed by atoms with Gasteiger partial charge in [-0.3, -0.25) is 4.79 Å². The van der Waals surface area contributed by atoms with Crippen molar-refractivity contribution < 1.29 is 4.79 Å². The number of thioether (sulfide) groups is 1. The second-order valence-corrected chi connectivity index (χ2v) is 5.14. The molecule has 0 aliphatic carbocycles. The second-order valence-electron chi connectivity index (χ2n) is 3.19. The van der Waals surface area contributed by atoms with Crippen molar-refractivity contribution in [3.63, 3.8) is 0 Å². The summed E-state index contributed by atoms with van der Waals surface area (Å²) >= 11 is 5.11. The monoisotopic (exact) mass is 271 g/mol. The molecule has 1 aliphatic heterocycles. The van der Waals surface area contributed by atoms with E-state index in [0.29, 0.717) is 5.75 Å². The lowest BCUT2D eigenvalue weighted by Crippen LogP contribution is -2.35. The van der Waals surface area contributed by atoms with Gasteiger partial charge in [-0.25, -0.2) is 0 Å². The van der Waals surface area contributed by atoms with Gasteiger partial charge in [-0.05, 0) is 17.7 Å². The SMILES string of the molecule is O=C1CSCC(c2cccc(Br)c2)N1. The highest BCUT2D eigenvalue weighted by Crippen LogP contribution is 2.24. The van der Waals surface area contributed by atoms with Gasteiger partial charge in [0, 0.05) is 10.2 Å². The fourth-order valence-corrected chi connectivity index (χ4v) is 2.77. The van der Waals surface area contributed by atoms with Crippen LogP contribution in [0.3, 0.4) is 0 Å². The molecule has 1 saturated heterocycles. The van der Waals surface area contributed by atoms with Crippen molar-refractivity contribution in [3.05, 3.63) is 34.3 Å². The molecule has 1 heterocycles. The van der Waals surface area contributed by atoms with Gasteiger partial charge in [-0.2, -0.15) is 0 Å². The van der Waals surface area contributed by atoms with Gasteiger partial charge in [0.1, 0.15) is 0 Å². The molecule has 0 aromatic heterocycles. The van der Waals surface area contributed by atoms with E-state index in [2.05, 4.69) is 27.3 Å². The third kappa shape index (κ3) is 2.30. The van der Waals surface area contributed by atoms with E-state index in [0.717, 1.165) is 10.2 Å². The molecule has 0 bridgehead atoms. The van der Waals surface area contributed by atoms with Crippen molar-refractivity contribution in [2.24, 2.45) is 0 Å². The van der Waals surface area contributed by atoms with Gasteiger partial charge in [-0.1, -0.05) is 28.1 Å². The molecule has 4 heteroatoms. The molecule has 1 amide bonds. The Morgan fingerprint density at radius 3 is 3.07 bits per heavy atom. The normalized spacial score (nSPS) is 21.8. The molecule has 0 saturated carbocycles. The van der Waals surface area contributed by atoms with Crippen LogP contribution < -0.4 is 5.32 Å². The van der Waals surface area contributed by atoms with Crippen LogP contribution in [-0.4, -0.2) is 17.4 Å². The molecule has 1 aliphatic rings. The van der Waals surface area contributed by atoms with E-state index in [1.807, 2.05) is 18.2 Å². The Balaban J connectivity index is 2.17. The van der Waals surface area contributed by atoms with E-state index in [1.54, 1.807) is 11.8 Å². The fraction of sp³-hybridized carbons (Fsp3) is 0.300. The molecule has 14 heavy (non-hydrogen) atoms. The fourth-order valence-electron chi connectivity index (χ4n) is 1.45. The summed E-state index contributed by atoms with van der Waals surface area (Å²) in [7, 11) is 0. The van der Waals surface area contributed by atoms with Crippen molar-refractivity contribution in [3.8, 4) is 0 Å². The predicted molar refractivity (Wildman–Crippen MR) is 62.4 cm³/mol.